The third-order valence-electron chi connectivity index (χ3n) is 9.48. The number of aliphatic imine (C=N–C) groups is 2. The van der Waals surface area contributed by atoms with Gasteiger partial charge in [-0.3, -0.25) is 0 Å². The summed E-state index contributed by atoms with van der Waals surface area (Å²) >= 11 is 0. The Labute approximate surface area is 271 Å². The number of nitrogens with one attached hydrogen (secondary N) is 1. The fourth-order valence-corrected chi connectivity index (χ4v) is 7.34. The highest BCUT2D eigenvalue weighted by Crippen LogP contribution is 2.51. The number of furan rings is 1. The Hall–Kier alpha value is -6.26. The van der Waals surface area contributed by atoms with E-state index in [1.165, 1.54) is 38.4 Å². The molecule has 1 aliphatic carbocycles. The summed E-state index contributed by atoms with van der Waals surface area (Å²) in [4.78, 5) is 10.1. The van der Waals surface area contributed by atoms with Gasteiger partial charge >= 0.3 is 0 Å². The summed E-state index contributed by atoms with van der Waals surface area (Å²) in [7, 11) is 0. The molecule has 1 N–H and O–H groups in total. The molecule has 4 heteroatoms. The molecule has 7 aromatic carbocycles. The van der Waals surface area contributed by atoms with Crippen molar-refractivity contribution in [1.82, 2.24) is 5.32 Å². The van der Waals surface area contributed by atoms with Crippen molar-refractivity contribution < 1.29 is 4.42 Å². The summed E-state index contributed by atoms with van der Waals surface area (Å²) in [5.74, 6) is 1.63. The maximum Gasteiger partial charge on any atom is 0.169 e. The molecule has 0 bridgehead atoms. The molecule has 0 radical (unpaired) electrons. The van der Waals surface area contributed by atoms with Crippen molar-refractivity contribution in [3.05, 3.63) is 168 Å². The monoisotopic (exact) mass is 601 g/mol. The lowest BCUT2D eigenvalue weighted by atomic mass is 9.94. The van der Waals surface area contributed by atoms with Gasteiger partial charge in [-0.25, -0.2) is 9.98 Å². The van der Waals surface area contributed by atoms with Crippen LogP contribution in [-0.4, -0.2) is 11.7 Å². The lowest BCUT2D eigenvalue weighted by Crippen LogP contribution is -2.35. The smallest absolute Gasteiger partial charge is 0.169 e. The van der Waals surface area contributed by atoms with Gasteiger partial charge in [0.05, 0.1) is 0 Å². The van der Waals surface area contributed by atoms with Crippen LogP contribution < -0.4 is 5.32 Å². The third kappa shape index (κ3) is 4.01. The maximum atomic E-state index is 6.59. The van der Waals surface area contributed by atoms with Gasteiger partial charge in [-0.2, -0.15) is 0 Å². The lowest BCUT2D eigenvalue weighted by molar-refractivity contribution is 0.669. The molecule has 0 amide bonds. The second-order valence-electron chi connectivity index (χ2n) is 12.2. The molecule has 4 nitrogen and oxygen atoms in total. The Morgan fingerprint density at radius 2 is 1.02 bits per heavy atom. The van der Waals surface area contributed by atoms with Crippen LogP contribution in [0.25, 0.3) is 66.1 Å². The van der Waals surface area contributed by atoms with Gasteiger partial charge in [0.25, 0.3) is 0 Å². The van der Waals surface area contributed by atoms with Crippen LogP contribution in [0, 0.1) is 0 Å². The second kappa shape index (κ2) is 10.1. The SMILES string of the molecule is c1ccc(C2=NC(c3ccc(-c4cccc5oc6cc7c8c(cccc8c6c45)-c4ccccc4-7)cc3)N=C(c3ccccc3)N2)cc1. The lowest BCUT2D eigenvalue weighted by Gasteiger charge is -2.22. The van der Waals surface area contributed by atoms with Crippen molar-refractivity contribution in [2.45, 2.75) is 6.17 Å². The van der Waals surface area contributed by atoms with Crippen LogP contribution in [0.15, 0.2) is 166 Å². The fourth-order valence-electron chi connectivity index (χ4n) is 7.34. The second-order valence-corrected chi connectivity index (χ2v) is 12.2. The predicted molar refractivity (Wildman–Crippen MR) is 193 cm³/mol. The number of rotatable bonds is 4. The zero-order valence-corrected chi connectivity index (χ0v) is 25.3. The minimum absolute atomic E-state index is 0.370. The van der Waals surface area contributed by atoms with E-state index in [2.05, 4.69) is 121 Å². The Morgan fingerprint density at radius 3 is 1.72 bits per heavy atom. The molecule has 10 rings (SSSR count). The van der Waals surface area contributed by atoms with E-state index < -0.39 is 0 Å². The quantitative estimate of drug-likeness (QED) is 0.218. The third-order valence-corrected chi connectivity index (χ3v) is 9.48. The average molecular weight is 602 g/mol. The number of nitrogens with zero attached hydrogens (tertiary/aromatic N) is 2. The van der Waals surface area contributed by atoms with E-state index in [0.29, 0.717) is 0 Å². The summed E-state index contributed by atoms with van der Waals surface area (Å²) in [5.41, 5.74) is 12.3. The standard InChI is InChI=1S/C43H27N3O/c1-3-11-27(12-4-1)41-44-42(28-13-5-2-6-14-28)46-43(45-41)29-23-21-26(22-24-29)30-17-10-20-36-39(30)40-34-19-9-18-33-31-15-7-8-16-32(31)35(38(33)34)25-37(40)47-36/h1-25,43H,(H,44,45,46). The molecule has 47 heavy (non-hydrogen) atoms. The first-order valence-electron chi connectivity index (χ1n) is 15.9. The van der Waals surface area contributed by atoms with E-state index in [-0.39, 0.29) is 6.17 Å². The highest BCUT2D eigenvalue weighted by molar-refractivity contribution is 6.29. The zero-order valence-electron chi connectivity index (χ0n) is 25.3. The molecule has 0 unspecified atom stereocenters. The Balaban J connectivity index is 1.11. The summed E-state index contributed by atoms with van der Waals surface area (Å²) in [6, 6.07) is 53.1. The molecule has 0 atom stereocenters. The molecule has 0 saturated heterocycles. The van der Waals surface area contributed by atoms with E-state index in [0.717, 1.165) is 56.0 Å². The van der Waals surface area contributed by atoms with Crippen molar-refractivity contribution in [3.8, 4) is 33.4 Å². The highest BCUT2D eigenvalue weighted by Gasteiger charge is 2.26. The van der Waals surface area contributed by atoms with E-state index in [4.69, 9.17) is 14.4 Å². The van der Waals surface area contributed by atoms with Crippen LogP contribution in [-0.2, 0) is 0 Å². The molecule has 1 aromatic heterocycles. The molecule has 220 valence electrons. The minimum Gasteiger partial charge on any atom is -0.456 e. The van der Waals surface area contributed by atoms with Gasteiger partial charge in [0.15, 0.2) is 6.17 Å². The maximum absolute atomic E-state index is 6.59. The zero-order chi connectivity index (χ0) is 30.9. The Morgan fingerprint density at radius 1 is 0.426 bits per heavy atom. The number of benzene rings is 7. The minimum atomic E-state index is -0.370. The Kier molecular flexibility index (Phi) is 5.60. The number of amidine groups is 2. The number of fused-ring (bicyclic) bond motifs is 7. The van der Waals surface area contributed by atoms with Gasteiger partial charge in [-0.05, 0) is 61.8 Å². The molecule has 0 spiro atoms. The number of hydrogen-bond donors (Lipinski definition) is 1. The summed E-state index contributed by atoms with van der Waals surface area (Å²) < 4.78 is 6.59. The normalized spacial score (nSPS) is 13.9. The molecule has 0 saturated carbocycles. The van der Waals surface area contributed by atoms with E-state index in [1.54, 1.807) is 0 Å². The summed E-state index contributed by atoms with van der Waals surface area (Å²) in [6.07, 6.45) is -0.370. The molecule has 2 aliphatic rings. The predicted octanol–water partition coefficient (Wildman–Crippen LogP) is 10.5. The van der Waals surface area contributed by atoms with Gasteiger partial charge in [0, 0.05) is 21.9 Å². The molecule has 1 aliphatic heterocycles. The van der Waals surface area contributed by atoms with Crippen LogP contribution in [0.4, 0.5) is 0 Å². The molecule has 2 heterocycles. The van der Waals surface area contributed by atoms with Crippen molar-refractivity contribution in [2.75, 3.05) is 0 Å². The Bertz CT molecular complexity index is 2520. The summed E-state index contributed by atoms with van der Waals surface area (Å²) in [6.45, 7) is 0. The first-order chi connectivity index (χ1) is 23.3. The van der Waals surface area contributed by atoms with Crippen molar-refractivity contribution in [2.24, 2.45) is 9.98 Å². The highest BCUT2D eigenvalue weighted by atomic mass is 16.3. The van der Waals surface area contributed by atoms with Crippen LogP contribution in [0.2, 0.25) is 0 Å². The first-order valence-corrected chi connectivity index (χ1v) is 15.9. The van der Waals surface area contributed by atoms with Crippen LogP contribution in [0.5, 0.6) is 0 Å². The van der Waals surface area contributed by atoms with Gasteiger partial charge < -0.3 is 9.73 Å². The van der Waals surface area contributed by atoms with Crippen LogP contribution in [0.3, 0.4) is 0 Å². The fraction of sp³-hybridized carbons (Fsp3) is 0.0233. The van der Waals surface area contributed by atoms with E-state index in [9.17, 15) is 0 Å². The molecular formula is C43H27N3O. The largest absolute Gasteiger partial charge is 0.456 e. The van der Waals surface area contributed by atoms with E-state index >= 15 is 0 Å². The molecule has 0 fully saturated rings. The average Bonchev–Trinajstić information content (AvgIpc) is 3.69. The summed E-state index contributed by atoms with van der Waals surface area (Å²) in [5, 5.41) is 8.33. The topological polar surface area (TPSA) is 49.9 Å². The van der Waals surface area contributed by atoms with Crippen LogP contribution in [0.1, 0.15) is 22.9 Å². The van der Waals surface area contributed by atoms with Crippen molar-refractivity contribution in [1.29, 1.82) is 0 Å². The molecular weight excluding hydrogens is 574 g/mol. The van der Waals surface area contributed by atoms with Gasteiger partial charge in [-0.1, -0.05) is 140 Å². The first kappa shape index (κ1) is 26.0. The van der Waals surface area contributed by atoms with Crippen molar-refractivity contribution in [3.63, 3.8) is 0 Å². The van der Waals surface area contributed by atoms with Gasteiger partial charge in [0.1, 0.15) is 22.8 Å². The van der Waals surface area contributed by atoms with Crippen LogP contribution >= 0.6 is 0 Å². The number of hydrogen-bond acceptors (Lipinski definition) is 4. The molecule has 8 aromatic rings. The van der Waals surface area contributed by atoms with Crippen molar-refractivity contribution >= 4 is 44.4 Å². The van der Waals surface area contributed by atoms with E-state index in [1.807, 2.05) is 36.4 Å². The van der Waals surface area contributed by atoms with Gasteiger partial charge in [0.2, 0.25) is 0 Å². The van der Waals surface area contributed by atoms with Gasteiger partial charge in [-0.15, -0.1) is 0 Å².